The van der Waals surface area contributed by atoms with Crippen molar-refractivity contribution in [3.8, 4) is 5.75 Å². The van der Waals surface area contributed by atoms with Crippen LogP contribution in [0.15, 0.2) is 34.3 Å². The van der Waals surface area contributed by atoms with E-state index < -0.39 is 0 Å². The third-order valence-electron chi connectivity index (χ3n) is 2.23. The van der Waals surface area contributed by atoms with Gasteiger partial charge in [-0.2, -0.15) is 10.3 Å². The number of methoxy groups -OCH3 is 1. The Morgan fingerprint density at radius 2 is 2.29 bits per heavy atom. The van der Waals surface area contributed by atoms with E-state index in [4.69, 9.17) is 4.74 Å². The average molecular weight is 267 g/mol. The molecule has 0 bridgehead atoms. The highest BCUT2D eigenvalue weighted by atomic mass is 32.2. The maximum Gasteiger partial charge on any atom is 0.139 e. The van der Waals surface area contributed by atoms with E-state index in [1.807, 2.05) is 6.26 Å². The van der Waals surface area contributed by atoms with E-state index in [-0.39, 0.29) is 0 Å². The summed E-state index contributed by atoms with van der Waals surface area (Å²) < 4.78 is 5.35. The van der Waals surface area contributed by atoms with Crippen molar-refractivity contribution in [1.82, 2.24) is 15.4 Å². The van der Waals surface area contributed by atoms with Crippen LogP contribution in [0.3, 0.4) is 0 Å². The SMILES string of the molecule is COc1cc(CSc2cn[nH]n2)ccc1SC. The van der Waals surface area contributed by atoms with Crippen molar-refractivity contribution in [2.75, 3.05) is 13.4 Å². The van der Waals surface area contributed by atoms with Crippen LogP contribution in [0.4, 0.5) is 0 Å². The van der Waals surface area contributed by atoms with Crippen LogP contribution < -0.4 is 4.74 Å². The van der Waals surface area contributed by atoms with Gasteiger partial charge in [0.2, 0.25) is 0 Å². The average Bonchev–Trinajstić information content (AvgIpc) is 2.89. The molecule has 6 heteroatoms. The molecule has 0 unspecified atom stereocenters. The van der Waals surface area contributed by atoms with Crippen LogP contribution in [0.1, 0.15) is 5.56 Å². The molecule has 0 saturated heterocycles. The van der Waals surface area contributed by atoms with Crippen molar-refractivity contribution < 1.29 is 4.74 Å². The number of hydrogen-bond acceptors (Lipinski definition) is 5. The van der Waals surface area contributed by atoms with E-state index in [1.54, 1.807) is 36.8 Å². The minimum absolute atomic E-state index is 0.859. The van der Waals surface area contributed by atoms with Gasteiger partial charge in [-0.15, -0.1) is 16.9 Å². The summed E-state index contributed by atoms with van der Waals surface area (Å²) in [7, 11) is 1.70. The molecule has 90 valence electrons. The first-order valence-electron chi connectivity index (χ1n) is 5.03. The summed E-state index contributed by atoms with van der Waals surface area (Å²) in [4.78, 5) is 1.16. The lowest BCUT2D eigenvalue weighted by atomic mass is 10.2. The Morgan fingerprint density at radius 3 is 2.94 bits per heavy atom. The van der Waals surface area contributed by atoms with E-state index in [0.717, 1.165) is 21.4 Å². The number of rotatable bonds is 5. The molecule has 0 atom stereocenters. The molecule has 1 aromatic heterocycles. The van der Waals surface area contributed by atoms with Crippen molar-refractivity contribution in [1.29, 1.82) is 0 Å². The molecular weight excluding hydrogens is 254 g/mol. The lowest BCUT2D eigenvalue weighted by Crippen LogP contribution is -1.89. The monoisotopic (exact) mass is 267 g/mol. The first-order chi connectivity index (χ1) is 8.33. The summed E-state index contributed by atoms with van der Waals surface area (Å²) in [5.41, 5.74) is 1.22. The van der Waals surface area contributed by atoms with Gasteiger partial charge in [0.25, 0.3) is 0 Å². The number of nitrogens with one attached hydrogen (secondary N) is 1. The van der Waals surface area contributed by atoms with Gasteiger partial charge in [0.05, 0.1) is 13.3 Å². The Balaban J connectivity index is 2.06. The van der Waals surface area contributed by atoms with Crippen LogP contribution in [-0.4, -0.2) is 28.8 Å². The van der Waals surface area contributed by atoms with Crippen LogP contribution in [-0.2, 0) is 5.75 Å². The van der Waals surface area contributed by atoms with Crippen molar-refractivity contribution in [2.24, 2.45) is 0 Å². The molecule has 0 amide bonds. The number of ether oxygens (including phenoxy) is 1. The number of aromatic nitrogens is 3. The molecule has 1 N–H and O–H groups in total. The second-order valence-corrected chi connectivity index (χ2v) is 5.13. The maximum atomic E-state index is 5.35. The Labute approximate surface area is 109 Å². The molecule has 0 spiro atoms. The van der Waals surface area contributed by atoms with E-state index in [9.17, 15) is 0 Å². The van der Waals surface area contributed by atoms with Gasteiger partial charge < -0.3 is 4.74 Å². The lowest BCUT2D eigenvalue weighted by molar-refractivity contribution is 0.404. The van der Waals surface area contributed by atoms with Gasteiger partial charge in [0.1, 0.15) is 10.8 Å². The highest BCUT2D eigenvalue weighted by molar-refractivity contribution is 7.98. The van der Waals surface area contributed by atoms with Gasteiger partial charge in [-0.25, -0.2) is 0 Å². The highest BCUT2D eigenvalue weighted by Crippen LogP contribution is 2.30. The molecule has 0 aliphatic carbocycles. The zero-order valence-electron chi connectivity index (χ0n) is 9.64. The van der Waals surface area contributed by atoms with E-state index in [0.29, 0.717) is 0 Å². The molecule has 0 saturated carbocycles. The quantitative estimate of drug-likeness (QED) is 0.844. The van der Waals surface area contributed by atoms with Gasteiger partial charge in [-0.1, -0.05) is 17.8 Å². The Hall–Kier alpha value is -1.14. The number of H-pyrrole nitrogens is 1. The molecule has 1 aromatic carbocycles. The minimum atomic E-state index is 0.859. The molecular formula is C11H13N3OS2. The Morgan fingerprint density at radius 1 is 1.41 bits per heavy atom. The summed E-state index contributed by atoms with van der Waals surface area (Å²) in [6, 6.07) is 6.27. The zero-order chi connectivity index (χ0) is 12.1. The normalized spacial score (nSPS) is 10.5. The number of nitrogens with zero attached hydrogens (tertiary/aromatic N) is 2. The number of aromatic amines is 1. The predicted molar refractivity (Wildman–Crippen MR) is 70.7 cm³/mol. The third kappa shape index (κ3) is 3.17. The molecule has 0 radical (unpaired) electrons. The fraction of sp³-hybridized carbons (Fsp3) is 0.273. The van der Waals surface area contributed by atoms with Crippen LogP contribution in [0.5, 0.6) is 5.75 Å². The molecule has 2 aromatic rings. The Bertz CT molecular complexity index is 474. The van der Waals surface area contributed by atoms with Crippen LogP contribution in [0, 0.1) is 0 Å². The first-order valence-corrected chi connectivity index (χ1v) is 7.24. The second kappa shape index (κ2) is 5.97. The minimum Gasteiger partial charge on any atom is -0.496 e. The van der Waals surface area contributed by atoms with Crippen molar-refractivity contribution in [3.63, 3.8) is 0 Å². The molecule has 0 fully saturated rings. The standard InChI is InChI=1S/C11H13N3OS2/c1-15-9-5-8(3-4-10(9)16-2)7-17-11-6-12-14-13-11/h3-6H,7H2,1-2H3,(H,12,13,14). The first kappa shape index (κ1) is 12.3. The van der Waals surface area contributed by atoms with Crippen LogP contribution in [0.25, 0.3) is 0 Å². The van der Waals surface area contributed by atoms with Gasteiger partial charge in [-0.05, 0) is 24.0 Å². The topological polar surface area (TPSA) is 50.8 Å². The molecule has 2 rings (SSSR count). The summed E-state index contributed by atoms with van der Waals surface area (Å²) in [6.45, 7) is 0. The van der Waals surface area contributed by atoms with Crippen LogP contribution in [0.2, 0.25) is 0 Å². The van der Waals surface area contributed by atoms with E-state index in [1.165, 1.54) is 5.56 Å². The summed E-state index contributed by atoms with van der Waals surface area (Å²) >= 11 is 3.33. The molecule has 0 aliphatic heterocycles. The largest absolute Gasteiger partial charge is 0.496 e. The third-order valence-corrected chi connectivity index (χ3v) is 3.97. The van der Waals surface area contributed by atoms with E-state index >= 15 is 0 Å². The summed E-state index contributed by atoms with van der Waals surface area (Å²) in [6.07, 6.45) is 3.76. The zero-order valence-corrected chi connectivity index (χ0v) is 11.3. The fourth-order valence-electron chi connectivity index (χ4n) is 1.39. The van der Waals surface area contributed by atoms with Gasteiger partial charge >= 0.3 is 0 Å². The smallest absolute Gasteiger partial charge is 0.139 e. The Kier molecular flexibility index (Phi) is 4.33. The van der Waals surface area contributed by atoms with Crippen molar-refractivity contribution in [2.45, 2.75) is 15.7 Å². The number of benzene rings is 1. The second-order valence-electron chi connectivity index (χ2n) is 3.29. The number of hydrogen-bond donors (Lipinski definition) is 1. The van der Waals surface area contributed by atoms with Gasteiger partial charge in [-0.3, -0.25) is 0 Å². The fourth-order valence-corrected chi connectivity index (χ4v) is 2.66. The highest BCUT2D eigenvalue weighted by Gasteiger charge is 2.04. The van der Waals surface area contributed by atoms with E-state index in [2.05, 4.69) is 33.6 Å². The summed E-state index contributed by atoms with van der Waals surface area (Å²) in [5.74, 6) is 1.79. The maximum absolute atomic E-state index is 5.35. The van der Waals surface area contributed by atoms with Crippen molar-refractivity contribution >= 4 is 23.5 Å². The summed E-state index contributed by atoms with van der Waals surface area (Å²) in [5, 5.41) is 11.3. The molecule has 17 heavy (non-hydrogen) atoms. The van der Waals surface area contributed by atoms with Gasteiger partial charge in [0.15, 0.2) is 0 Å². The molecule has 1 heterocycles. The molecule has 4 nitrogen and oxygen atoms in total. The predicted octanol–water partition coefficient (Wildman–Crippen LogP) is 2.83. The number of thioether (sulfide) groups is 2. The lowest BCUT2D eigenvalue weighted by Gasteiger charge is -2.08. The van der Waals surface area contributed by atoms with Gasteiger partial charge in [0, 0.05) is 10.6 Å². The van der Waals surface area contributed by atoms with Crippen LogP contribution >= 0.6 is 23.5 Å². The van der Waals surface area contributed by atoms with Crippen molar-refractivity contribution in [3.05, 3.63) is 30.0 Å². The molecule has 0 aliphatic rings.